The Labute approximate surface area is 103 Å². The molecule has 0 saturated carbocycles. The van der Waals surface area contributed by atoms with E-state index in [4.69, 9.17) is 10.5 Å². The van der Waals surface area contributed by atoms with E-state index in [0.29, 0.717) is 6.04 Å². The first kappa shape index (κ1) is 12.4. The molecule has 3 N–H and O–H groups in total. The molecule has 0 aliphatic carbocycles. The van der Waals surface area contributed by atoms with E-state index in [0.717, 1.165) is 24.3 Å². The SMILES string of the molecule is COc1ccc(C)cc1C(N)C1CCCCN1. The number of nitrogens with one attached hydrogen (secondary N) is 1. The third-order valence-electron chi connectivity index (χ3n) is 3.53. The number of nitrogens with two attached hydrogens (primary N) is 1. The van der Waals surface area contributed by atoms with Gasteiger partial charge in [-0.05, 0) is 32.4 Å². The van der Waals surface area contributed by atoms with Gasteiger partial charge < -0.3 is 15.8 Å². The van der Waals surface area contributed by atoms with Crippen molar-refractivity contribution in [3.63, 3.8) is 0 Å². The topological polar surface area (TPSA) is 47.3 Å². The highest BCUT2D eigenvalue weighted by Crippen LogP contribution is 2.29. The lowest BCUT2D eigenvalue weighted by atomic mass is 9.92. The van der Waals surface area contributed by atoms with Crippen LogP contribution in [-0.2, 0) is 0 Å². The molecule has 1 saturated heterocycles. The van der Waals surface area contributed by atoms with Gasteiger partial charge in [0.1, 0.15) is 5.75 Å². The van der Waals surface area contributed by atoms with E-state index in [-0.39, 0.29) is 6.04 Å². The van der Waals surface area contributed by atoms with Crippen molar-refractivity contribution in [1.82, 2.24) is 5.32 Å². The van der Waals surface area contributed by atoms with E-state index in [2.05, 4.69) is 24.4 Å². The number of benzene rings is 1. The summed E-state index contributed by atoms with van der Waals surface area (Å²) in [4.78, 5) is 0. The number of ether oxygens (including phenoxy) is 1. The van der Waals surface area contributed by atoms with Gasteiger partial charge in [-0.1, -0.05) is 24.1 Å². The summed E-state index contributed by atoms with van der Waals surface area (Å²) < 4.78 is 5.40. The fraction of sp³-hybridized carbons (Fsp3) is 0.571. The van der Waals surface area contributed by atoms with Crippen LogP contribution in [0.15, 0.2) is 18.2 Å². The molecule has 2 unspecified atom stereocenters. The van der Waals surface area contributed by atoms with Crippen LogP contribution in [0, 0.1) is 6.92 Å². The van der Waals surface area contributed by atoms with Crippen molar-refractivity contribution in [3.8, 4) is 5.75 Å². The molecule has 1 fully saturated rings. The summed E-state index contributed by atoms with van der Waals surface area (Å²) in [5.41, 5.74) is 8.72. The van der Waals surface area contributed by atoms with Crippen molar-refractivity contribution < 1.29 is 4.74 Å². The molecule has 94 valence electrons. The third-order valence-corrected chi connectivity index (χ3v) is 3.53. The van der Waals surface area contributed by atoms with E-state index >= 15 is 0 Å². The molecule has 3 heteroatoms. The lowest BCUT2D eigenvalue weighted by Crippen LogP contribution is -2.42. The van der Waals surface area contributed by atoms with Gasteiger partial charge in [0.25, 0.3) is 0 Å². The molecular formula is C14H22N2O. The number of hydrogen-bond acceptors (Lipinski definition) is 3. The van der Waals surface area contributed by atoms with Crippen LogP contribution in [0.2, 0.25) is 0 Å². The Kier molecular flexibility index (Phi) is 4.02. The lowest BCUT2D eigenvalue weighted by Gasteiger charge is -2.30. The minimum Gasteiger partial charge on any atom is -0.496 e. The Morgan fingerprint density at radius 2 is 2.24 bits per heavy atom. The van der Waals surface area contributed by atoms with Crippen LogP contribution in [0.1, 0.15) is 36.4 Å². The molecule has 1 aliphatic rings. The van der Waals surface area contributed by atoms with E-state index in [1.54, 1.807) is 7.11 Å². The zero-order chi connectivity index (χ0) is 12.3. The highest BCUT2D eigenvalue weighted by atomic mass is 16.5. The molecular weight excluding hydrogens is 212 g/mol. The van der Waals surface area contributed by atoms with Gasteiger partial charge in [0, 0.05) is 17.6 Å². The molecule has 1 aliphatic heterocycles. The summed E-state index contributed by atoms with van der Waals surface area (Å²) in [5, 5.41) is 3.51. The number of methoxy groups -OCH3 is 1. The third kappa shape index (κ3) is 2.79. The molecule has 0 spiro atoms. The predicted octanol–water partition coefficient (Wildman–Crippen LogP) is 2.15. The normalized spacial score (nSPS) is 22.2. The lowest BCUT2D eigenvalue weighted by molar-refractivity contribution is 0.342. The quantitative estimate of drug-likeness (QED) is 0.842. The zero-order valence-electron chi connectivity index (χ0n) is 10.7. The first-order valence-corrected chi connectivity index (χ1v) is 6.36. The summed E-state index contributed by atoms with van der Waals surface area (Å²) >= 11 is 0. The molecule has 0 radical (unpaired) electrons. The molecule has 17 heavy (non-hydrogen) atoms. The number of hydrogen-bond donors (Lipinski definition) is 2. The van der Waals surface area contributed by atoms with E-state index < -0.39 is 0 Å². The zero-order valence-corrected chi connectivity index (χ0v) is 10.7. The maximum Gasteiger partial charge on any atom is 0.123 e. The maximum absolute atomic E-state index is 6.37. The van der Waals surface area contributed by atoms with Crippen LogP contribution in [0.5, 0.6) is 5.75 Å². The predicted molar refractivity (Wildman–Crippen MR) is 70.3 cm³/mol. The molecule has 1 aromatic rings. The number of aryl methyl sites for hydroxylation is 1. The fourth-order valence-corrected chi connectivity index (χ4v) is 2.52. The van der Waals surface area contributed by atoms with Crippen LogP contribution in [-0.4, -0.2) is 19.7 Å². The molecule has 0 bridgehead atoms. The Morgan fingerprint density at radius 1 is 1.41 bits per heavy atom. The maximum atomic E-state index is 6.37. The fourth-order valence-electron chi connectivity index (χ4n) is 2.52. The number of piperidine rings is 1. The van der Waals surface area contributed by atoms with Crippen molar-refractivity contribution in [2.45, 2.75) is 38.3 Å². The minimum absolute atomic E-state index is 0.0187. The second-order valence-corrected chi connectivity index (χ2v) is 4.83. The highest BCUT2D eigenvalue weighted by Gasteiger charge is 2.23. The average Bonchev–Trinajstić information content (AvgIpc) is 2.39. The van der Waals surface area contributed by atoms with Gasteiger partial charge in [0.05, 0.1) is 7.11 Å². The summed E-state index contributed by atoms with van der Waals surface area (Å²) in [7, 11) is 1.70. The summed E-state index contributed by atoms with van der Waals surface area (Å²) in [6, 6.07) is 6.60. The molecule has 2 rings (SSSR count). The minimum atomic E-state index is 0.0187. The smallest absolute Gasteiger partial charge is 0.123 e. The van der Waals surface area contributed by atoms with Gasteiger partial charge in [-0.3, -0.25) is 0 Å². The standard InChI is InChI=1S/C14H22N2O/c1-10-6-7-13(17-2)11(9-10)14(15)12-5-3-4-8-16-12/h6-7,9,12,14,16H,3-5,8,15H2,1-2H3. The van der Waals surface area contributed by atoms with Crippen LogP contribution in [0.25, 0.3) is 0 Å². The molecule has 1 heterocycles. The van der Waals surface area contributed by atoms with Crippen LogP contribution >= 0.6 is 0 Å². The monoisotopic (exact) mass is 234 g/mol. The van der Waals surface area contributed by atoms with Crippen molar-refractivity contribution >= 4 is 0 Å². The molecule has 3 nitrogen and oxygen atoms in total. The summed E-state index contributed by atoms with van der Waals surface area (Å²) in [6.07, 6.45) is 3.67. The first-order chi connectivity index (χ1) is 8.22. The second kappa shape index (κ2) is 5.52. The highest BCUT2D eigenvalue weighted by molar-refractivity contribution is 5.39. The van der Waals surface area contributed by atoms with Gasteiger partial charge in [0.2, 0.25) is 0 Å². The molecule has 0 amide bonds. The largest absolute Gasteiger partial charge is 0.496 e. The van der Waals surface area contributed by atoms with Gasteiger partial charge in [-0.15, -0.1) is 0 Å². The Bertz CT molecular complexity index is 372. The summed E-state index contributed by atoms with van der Waals surface area (Å²) in [6.45, 7) is 3.16. The van der Waals surface area contributed by atoms with Crippen molar-refractivity contribution in [2.75, 3.05) is 13.7 Å². The van der Waals surface area contributed by atoms with Gasteiger partial charge in [0.15, 0.2) is 0 Å². The Hall–Kier alpha value is -1.06. The molecule has 0 aromatic heterocycles. The molecule has 1 aromatic carbocycles. The van der Waals surface area contributed by atoms with Gasteiger partial charge in [-0.25, -0.2) is 0 Å². The van der Waals surface area contributed by atoms with Crippen molar-refractivity contribution in [1.29, 1.82) is 0 Å². The van der Waals surface area contributed by atoms with E-state index in [9.17, 15) is 0 Å². The second-order valence-electron chi connectivity index (χ2n) is 4.83. The van der Waals surface area contributed by atoms with E-state index in [1.165, 1.54) is 18.4 Å². The van der Waals surface area contributed by atoms with Crippen molar-refractivity contribution in [3.05, 3.63) is 29.3 Å². The molecule has 2 atom stereocenters. The Balaban J connectivity index is 2.21. The van der Waals surface area contributed by atoms with E-state index in [1.807, 2.05) is 6.07 Å². The number of rotatable bonds is 3. The van der Waals surface area contributed by atoms with Crippen LogP contribution in [0.4, 0.5) is 0 Å². The average molecular weight is 234 g/mol. The first-order valence-electron chi connectivity index (χ1n) is 6.36. The summed E-state index contributed by atoms with van der Waals surface area (Å²) in [5.74, 6) is 0.899. The van der Waals surface area contributed by atoms with Crippen LogP contribution in [0.3, 0.4) is 0 Å². The van der Waals surface area contributed by atoms with Crippen LogP contribution < -0.4 is 15.8 Å². The van der Waals surface area contributed by atoms with Crippen molar-refractivity contribution in [2.24, 2.45) is 5.73 Å². The van der Waals surface area contributed by atoms with Gasteiger partial charge >= 0.3 is 0 Å². The Morgan fingerprint density at radius 3 is 2.88 bits per heavy atom. The van der Waals surface area contributed by atoms with Gasteiger partial charge in [-0.2, -0.15) is 0 Å².